The van der Waals surface area contributed by atoms with Gasteiger partial charge in [-0.3, -0.25) is 0 Å². The maximum atomic E-state index is 12.8. The van der Waals surface area contributed by atoms with E-state index in [1.807, 2.05) is 24.3 Å². The van der Waals surface area contributed by atoms with Crippen LogP contribution in [0, 0.1) is 5.82 Å². The van der Waals surface area contributed by atoms with Crippen LogP contribution in [0.2, 0.25) is 5.15 Å². The van der Waals surface area contributed by atoms with Crippen LogP contribution >= 0.6 is 11.6 Å². The van der Waals surface area contributed by atoms with E-state index in [-0.39, 0.29) is 5.82 Å². The van der Waals surface area contributed by atoms with E-state index < -0.39 is 0 Å². The molecular formula is C13H8ClFN2. The van der Waals surface area contributed by atoms with E-state index in [2.05, 4.69) is 5.10 Å². The summed E-state index contributed by atoms with van der Waals surface area (Å²) in [6, 6.07) is 13.7. The summed E-state index contributed by atoms with van der Waals surface area (Å²) in [5, 5.41) is 5.80. The number of benzene rings is 2. The summed E-state index contributed by atoms with van der Waals surface area (Å²) in [5.74, 6) is -0.276. The van der Waals surface area contributed by atoms with Crippen LogP contribution in [0.15, 0.2) is 48.5 Å². The highest BCUT2D eigenvalue weighted by Crippen LogP contribution is 2.25. The van der Waals surface area contributed by atoms with Crippen molar-refractivity contribution < 1.29 is 4.39 Å². The lowest BCUT2D eigenvalue weighted by atomic mass is 10.3. The van der Waals surface area contributed by atoms with Crippen molar-refractivity contribution in [3.05, 3.63) is 59.5 Å². The third-order valence-electron chi connectivity index (χ3n) is 2.59. The standard InChI is InChI=1S/C13H8ClFN2/c14-13-11-3-1-2-4-12(11)16-17(13)10-7-5-9(15)6-8-10/h1-8H. The highest BCUT2D eigenvalue weighted by molar-refractivity contribution is 6.34. The molecule has 3 rings (SSSR count). The first kappa shape index (κ1) is 10.3. The number of aromatic nitrogens is 2. The molecule has 0 aliphatic rings. The van der Waals surface area contributed by atoms with Crippen LogP contribution in [0.5, 0.6) is 0 Å². The molecule has 0 radical (unpaired) electrons. The number of halogens is 2. The number of rotatable bonds is 1. The van der Waals surface area contributed by atoms with Gasteiger partial charge in [0.05, 0.1) is 11.2 Å². The van der Waals surface area contributed by atoms with Gasteiger partial charge in [-0.2, -0.15) is 5.10 Å². The van der Waals surface area contributed by atoms with Crippen molar-refractivity contribution in [3.8, 4) is 5.69 Å². The Labute approximate surface area is 102 Å². The molecule has 2 aromatic carbocycles. The fourth-order valence-corrected chi connectivity index (χ4v) is 2.05. The van der Waals surface area contributed by atoms with E-state index >= 15 is 0 Å². The average Bonchev–Trinajstić information content (AvgIpc) is 2.69. The number of fused-ring (bicyclic) bond motifs is 1. The molecular weight excluding hydrogens is 239 g/mol. The average molecular weight is 247 g/mol. The van der Waals surface area contributed by atoms with Crippen molar-refractivity contribution >= 4 is 22.5 Å². The first-order valence-electron chi connectivity index (χ1n) is 5.15. The lowest BCUT2D eigenvalue weighted by Gasteiger charge is -2.01. The van der Waals surface area contributed by atoms with Crippen LogP contribution in [0.3, 0.4) is 0 Å². The quantitative estimate of drug-likeness (QED) is 0.638. The van der Waals surface area contributed by atoms with Crippen molar-refractivity contribution in [2.24, 2.45) is 0 Å². The molecule has 0 N–H and O–H groups in total. The van der Waals surface area contributed by atoms with Crippen LogP contribution in [0.1, 0.15) is 0 Å². The van der Waals surface area contributed by atoms with Gasteiger partial charge in [0.25, 0.3) is 0 Å². The molecule has 17 heavy (non-hydrogen) atoms. The smallest absolute Gasteiger partial charge is 0.140 e. The van der Waals surface area contributed by atoms with Gasteiger partial charge < -0.3 is 0 Å². The Kier molecular flexibility index (Phi) is 2.34. The highest BCUT2D eigenvalue weighted by atomic mass is 35.5. The van der Waals surface area contributed by atoms with Gasteiger partial charge >= 0.3 is 0 Å². The molecule has 84 valence electrons. The van der Waals surface area contributed by atoms with Crippen LogP contribution < -0.4 is 0 Å². The van der Waals surface area contributed by atoms with Crippen LogP contribution in [0.4, 0.5) is 4.39 Å². The first-order valence-corrected chi connectivity index (χ1v) is 5.53. The third-order valence-corrected chi connectivity index (χ3v) is 2.95. The monoisotopic (exact) mass is 246 g/mol. The highest BCUT2D eigenvalue weighted by Gasteiger charge is 2.09. The number of hydrogen-bond donors (Lipinski definition) is 0. The molecule has 0 atom stereocenters. The first-order chi connectivity index (χ1) is 8.25. The Bertz CT molecular complexity index is 673. The Morgan fingerprint density at radius 1 is 1.00 bits per heavy atom. The maximum Gasteiger partial charge on any atom is 0.140 e. The minimum atomic E-state index is -0.276. The molecule has 0 aliphatic carbocycles. The Hall–Kier alpha value is -1.87. The van der Waals surface area contributed by atoms with Crippen molar-refractivity contribution in [1.82, 2.24) is 9.78 Å². The largest absolute Gasteiger partial charge is 0.221 e. The summed E-state index contributed by atoms with van der Waals surface area (Å²) in [7, 11) is 0. The molecule has 0 amide bonds. The van der Waals surface area contributed by atoms with Gasteiger partial charge in [-0.15, -0.1) is 0 Å². The molecule has 2 nitrogen and oxygen atoms in total. The second-order valence-electron chi connectivity index (χ2n) is 3.70. The SMILES string of the molecule is Fc1ccc(-n2nc3ccccc3c2Cl)cc1. The summed E-state index contributed by atoms with van der Waals surface area (Å²) in [5.41, 5.74) is 1.56. The molecule has 1 heterocycles. The lowest BCUT2D eigenvalue weighted by Crippen LogP contribution is -1.95. The predicted octanol–water partition coefficient (Wildman–Crippen LogP) is 3.82. The third kappa shape index (κ3) is 1.68. The van der Waals surface area contributed by atoms with Gasteiger partial charge in [0, 0.05) is 5.39 Å². The van der Waals surface area contributed by atoms with Crippen LogP contribution in [0.25, 0.3) is 16.6 Å². The van der Waals surface area contributed by atoms with E-state index in [9.17, 15) is 4.39 Å². The van der Waals surface area contributed by atoms with Gasteiger partial charge in [-0.1, -0.05) is 23.7 Å². The van der Waals surface area contributed by atoms with E-state index in [1.165, 1.54) is 12.1 Å². The zero-order valence-electron chi connectivity index (χ0n) is 8.77. The molecule has 0 saturated carbocycles. The fourth-order valence-electron chi connectivity index (χ4n) is 1.75. The van der Waals surface area contributed by atoms with E-state index in [0.717, 1.165) is 16.6 Å². The van der Waals surface area contributed by atoms with Crippen molar-refractivity contribution in [1.29, 1.82) is 0 Å². The van der Waals surface area contributed by atoms with Gasteiger partial charge in [0.1, 0.15) is 11.0 Å². The van der Waals surface area contributed by atoms with Crippen LogP contribution in [-0.2, 0) is 0 Å². The normalized spacial score (nSPS) is 10.9. The summed E-state index contributed by atoms with van der Waals surface area (Å²) >= 11 is 6.24. The molecule has 0 bridgehead atoms. The Morgan fingerprint density at radius 2 is 1.71 bits per heavy atom. The lowest BCUT2D eigenvalue weighted by molar-refractivity contribution is 0.627. The summed E-state index contributed by atoms with van der Waals surface area (Å²) in [6.07, 6.45) is 0. The number of nitrogens with zero attached hydrogens (tertiary/aromatic N) is 2. The van der Waals surface area contributed by atoms with Crippen molar-refractivity contribution in [2.45, 2.75) is 0 Å². The summed E-state index contributed by atoms with van der Waals surface area (Å²) in [4.78, 5) is 0. The minimum absolute atomic E-state index is 0.276. The van der Waals surface area contributed by atoms with Gasteiger partial charge in [0.15, 0.2) is 0 Å². The van der Waals surface area contributed by atoms with Crippen molar-refractivity contribution in [2.75, 3.05) is 0 Å². The molecule has 0 aliphatic heterocycles. The molecule has 0 spiro atoms. The van der Waals surface area contributed by atoms with E-state index in [0.29, 0.717) is 5.15 Å². The molecule has 1 aromatic heterocycles. The van der Waals surface area contributed by atoms with Crippen LogP contribution in [-0.4, -0.2) is 9.78 Å². The van der Waals surface area contributed by atoms with Gasteiger partial charge in [-0.05, 0) is 36.4 Å². The molecule has 3 aromatic rings. The Balaban J connectivity index is 2.24. The fraction of sp³-hybridized carbons (Fsp3) is 0. The second-order valence-corrected chi connectivity index (χ2v) is 4.05. The summed E-state index contributed by atoms with van der Waals surface area (Å²) in [6.45, 7) is 0. The van der Waals surface area contributed by atoms with E-state index in [1.54, 1.807) is 16.8 Å². The predicted molar refractivity (Wildman–Crippen MR) is 66.0 cm³/mol. The molecule has 0 fully saturated rings. The second kappa shape index (κ2) is 3.86. The number of hydrogen-bond acceptors (Lipinski definition) is 1. The topological polar surface area (TPSA) is 17.8 Å². The Morgan fingerprint density at radius 3 is 2.41 bits per heavy atom. The molecule has 0 saturated heterocycles. The zero-order chi connectivity index (χ0) is 11.8. The maximum absolute atomic E-state index is 12.8. The van der Waals surface area contributed by atoms with E-state index in [4.69, 9.17) is 11.6 Å². The zero-order valence-corrected chi connectivity index (χ0v) is 9.53. The van der Waals surface area contributed by atoms with Crippen molar-refractivity contribution in [3.63, 3.8) is 0 Å². The molecule has 0 unspecified atom stereocenters. The van der Waals surface area contributed by atoms with Gasteiger partial charge in [0.2, 0.25) is 0 Å². The van der Waals surface area contributed by atoms with Gasteiger partial charge in [-0.25, -0.2) is 9.07 Å². The molecule has 4 heteroatoms. The minimum Gasteiger partial charge on any atom is -0.221 e. The summed E-state index contributed by atoms with van der Waals surface area (Å²) < 4.78 is 14.4.